The van der Waals surface area contributed by atoms with Gasteiger partial charge in [0, 0.05) is 4.47 Å². The van der Waals surface area contributed by atoms with E-state index < -0.39 is 0 Å². The van der Waals surface area contributed by atoms with E-state index in [0.29, 0.717) is 11.3 Å². The lowest BCUT2D eigenvalue weighted by atomic mass is 9.83. The second kappa shape index (κ2) is 6.24. The van der Waals surface area contributed by atoms with Gasteiger partial charge in [0.1, 0.15) is 0 Å². The third-order valence-electron chi connectivity index (χ3n) is 2.80. The molecule has 0 aliphatic carbocycles. The molecule has 0 nitrogen and oxygen atoms in total. The normalized spacial score (nSPS) is 15.6. The minimum atomic E-state index is 0.125. The highest BCUT2D eigenvalue weighted by Gasteiger charge is 2.18. The van der Waals surface area contributed by atoms with E-state index in [0.717, 1.165) is 10.9 Å². The van der Waals surface area contributed by atoms with Crippen LogP contribution in [0.5, 0.6) is 0 Å². The summed E-state index contributed by atoms with van der Waals surface area (Å²) < 4.78 is 1.10. The number of alkyl halides is 1. The van der Waals surface area contributed by atoms with Gasteiger partial charge in [0.2, 0.25) is 0 Å². The van der Waals surface area contributed by atoms with Gasteiger partial charge >= 0.3 is 0 Å². The Balaban J connectivity index is 2.54. The average molecular weight is 318 g/mol. The predicted molar refractivity (Wildman–Crippen MR) is 80.6 cm³/mol. The maximum Gasteiger partial charge on any atom is 0.0587 e. The van der Waals surface area contributed by atoms with Crippen LogP contribution in [0.4, 0.5) is 0 Å². The van der Waals surface area contributed by atoms with Gasteiger partial charge in [-0.05, 0) is 41.9 Å². The fourth-order valence-electron chi connectivity index (χ4n) is 2.29. The summed E-state index contributed by atoms with van der Waals surface area (Å²) in [4.78, 5) is 0. The van der Waals surface area contributed by atoms with E-state index in [9.17, 15) is 0 Å². The van der Waals surface area contributed by atoms with E-state index in [4.69, 9.17) is 11.6 Å². The maximum absolute atomic E-state index is 6.47. The van der Waals surface area contributed by atoms with E-state index in [1.807, 2.05) is 0 Å². The molecule has 0 saturated heterocycles. The van der Waals surface area contributed by atoms with Crippen molar-refractivity contribution >= 4 is 27.5 Å². The highest BCUT2D eigenvalue weighted by molar-refractivity contribution is 9.10. The lowest BCUT2D eigenvalue weighted by Crippen LogP contribution is -2.12. The molecule has 17 heavy (non-hydrogen) atoms. The molecule has 0 radical (unpaired) electrons. The van der Waals surface area contributed by atoms with Crippen LogP contribution >= 0.6 is 27.5 Å². The molecular formula is C15H22BrCl. The molecule has 0 N–H and O–H groups in total. The second-order valence-corrected chi connectivity index (χ2v) is 7.57. The minimum absolute atomic E-state index is 0.125. The second-order valence-electron chi connectivity index (χ2n) is 6.12. The minimum Gasteiger partial charge on any atom is -0.118 e. The monoisotopic (exact) mass is 316 g/mol. The van der Waals surface area contributed by atoms with Crippen molar-refractivity contribution in [3.8, 4) is 0 Å². The van der Waals surface area contributed by atoms with Crippen molar-refractivity contribution in [1.29, 1.82) is 0 Å². The molecule has 2 unspecified atom stereocenters. The molecule has 1 aromatic rings. The zero-order chi connectivity index (χ0) is 13.1. The molecule has 0 saturated carbocycles. The van der Waals surface area contributed by atoms with E-state index in [1.54, 1.807) is 0 Å². The van der Waals surface area contributed by atoms with Crippen LogP contribution in [0.3, 0.4) is 0 Å². The van der Waals surface area contributed by atoms with E-state index in [1.165, 1.54) is 12.0 Å². The lowest BCUT2D eigenvalue weighted by molar-refractivity contribution is 0.295. The molecule has 96 valence electrons. The van der Waals surface area contributed by atoms with Crippen LogP contribution < -0.4 is 0 Å². The first-order valence-electron chi connectivity index (χ1n) is 6.17. The van der Waals surface area contributed by atoms with Crippen molar-refractivity contribution in [2.75, 3.05) is 0 Å². The number of hydrogen-bond donors (Lipinski definition) is 0. The van der Waals surface area contributed by atoms with Crippen LogP contribution in [-0.2, 0) is 0 Å². The smallest absolute Gasteiger partial charge is 0.0587 e. The molecule has 1 rings (SSSR count). The largest absolute Gasteiger partial charge is 0.118 e. The Labute approximate surface area is 119 Å². The summed E-state index contributed by atoms with van der Waals surface area (Å²) in [7, 11) is 0. The van der Waals surface area contributed by atoms with Gasteiger partial charge < -0.3 is 0 Å². The fraction of sp³-hybridized carbons (Fsp3) is 0.600. The van der Waals surface area contributed by atoms with Gasteiger partial charge in [0.05, 0.1) is 5.38 Å². The Morgan fingerprint density at radius 3 is 2.18 bits per heavy atom. The SMILES string of the molecule is CC(CC(Cl)c1ccc(Br)cc1)CC(C)(C)C. The van der Waals surface area contributed by atoms with Gasteiger partial charge in [-0.3, -0.25) is 0 Å². The summed E-state index contributed by atoms with van der Waals surface area (Å²) in [6.07, 6.45) is 2.26. The van der Waals surface area contributed by atoms with Crippen molar-refractivity contribution < 1.29 is 0 Å². The van der Waals surface area contributed by atoms with Gasteiger partial charge in [-0.15, -0.1) is 11.6 Å². The number of halogens is 2. The van der Waals surface area contributed by atoms with Crippen LogP contribution in [-0.4, -0.2) is 0 Å². The molecular weight excluding hydrogens is 296 g/mol. The molecule has 0 fully saturated rings. The van der Waals surface area contributed by atoms with Crippen LogP contribution in [0.15, 0.2) is 28.7 Å². The summed E-state index contributed by atoms with van der Waals surface area (Å²) in [5.41, 5.74) is 1.60. The first-order valence-corrected chi connectivity index (χ1v) is 7.40. The highest BCUT2D eigenvalue weighted by atomic mass is 79.9. The Morgan fingerprint density at radius 1 is 1.18 bits per heavy atom. The summed E-state index contributed by atoms with van der Waals surface area (Å²) >= 11 is 9.91. The average Bonchev–Trinajstić information content (AvgIpc) is 2.15. The van der Waals surface area contributed by atoms with E-state index >= 15 is 0 Å². The van der Waals surface area contributed by atoms with Crippen molar-refractivity contribution in [2.24, 2.45) is 11.3 Å². The van der Waals surface area contributed by atoms with Gasteiger partial charge in [-0.1, -0.05) is 55.8 Å². The molecule has 0 amide bonds. The molecule has 0 heterocycles. The highest BCUT2D eigenvalue weighted by Crippen LogP contribution is 2.33. The fourth-order valence-corrected chi connectivity index (χ4v) is 3.00. The van der Waals surface area contributed by atoms with Gasteiger partial charge in [0.25, 0.3) is 0 Å². The molecule has 0 aromatic heterocycles. The van der Waals surface area contributed by atoms with Gasteiger partial charge in [-0.25, -0.2) is 0 Å². The molecule has 0 bridgehead atoms. The van der Waals surface area contributed by atoms with Gasteiger partial charge in [0.15, 0.2) is 0 Å². The maximum atomic E-state index is 6.47. The molecule has 0 aliphatic rings. The molecule has 1 aromatic carbocycles. The Hall–Kier alpha value is -0.0100. The van der Waals surface area contributed by atoms with E-state index in [-0.39, 0.29) is 5.38 Å². The first kappa shape index (κ1) is 15.0. The lowest BCUT2D eigenvalue weighted by Gasteiger charge is -2.24. The zero-order valence-corrected chi connectivity index (χ0v) is 13.5. The Morgan fingerprint density at radius 2 is 1.71 bits per heavy atom. The summed E-state index contributed by atoms with van der Waals surface area (Å²) in [5, 5.41) is 0.125. The number of rotatable bonds is 4. The summed E-state index contributed by atoms with van der Waals surface area (Å²) in [6.45, 7) is 9.14. The predicted octanol–water partition coefficient (Wildman–Crippen LogP) is 6.19. The zero-order valence-electron chi connectivity index (χ0n) is 11.1. The molecule has 0 spiro atoms. The topological polar surface area (TPSA) is 0 Å². The van der Waals surface area contributed by atoms with Crippen molar-refractivity contribution in [3.05, 3.63) is 34.3 Å². The van der Waals surface area contributed by atoms with Crippen LogP contribution in [0, 0.1) is 11.3 Å². The van der Waals surface area contributed by atoms with Crippen molar-refractivity contribution in [1.82, 2.24) is 0 Å². The van der Waals surface area contributed by atoms with Gasteiger partial charge in [-0.2, -0.15) is 0 Å². The van der Waals surface area contributed by atoms with Crippen molar-refractivity contribution in [2.45, 2.75) is 45.9 Å². The Kier molecular flexibility index (Phi) is 5.53. The number of hydrogen-bond acceptors (Lipinski definition) is 0. The quantitative estimate of drug-likeness (QED) is 0.581. The van der Waals surface area contributed by atoms with Crippen LogP contribution in [0.2, 0.25) is 0 Å². The van der Waals surface area contributed by atoms with Crippen LogP contribution in [0.25, 0.3) is 0 Å². The van der Waals surface area contributed by atoms with E-state index in [2.05, 4.69) is 67.9 Å². The molecule has 2 atom stereocenters. The summed E-state index contributed by atoms with van der Waals surface area (Å²) in [5.74, 6) is 0.654. The molecule has 2 heteroatoms. The molecule has 0 aliphatic heterocycles. The standard InChI is InChI=1S/C15H22BrCl/c1-11(10-15(2,3)4)9-14(17)12-5-7-13(16)8-6-12/h5-8,11,14H,9-10H2,1-4H3. The summed E-state index contributed by atoms with van der Waals surface area (Å²) in [6, 6.07) is 8.31. The Bertz CT molecular complexity index is 337. The third-order valence-corrected chi connectivity index (χ3v) is 3.76. The number of benzene rings is 1. The van der Waals surface area contributed by atoms with Crippen LogP contribution in [0.1, 0.15) is 51.5 Å². The van der Waals surface area contributed by atoms with Crippen molar-refractivity contribution in [3.63, 3.8) is 0 Å². The first-order chi connectivity index (χ1) is 7.78. The third kappa shape index (κ3) is 5.92.